The van der Waals surface area contributed by atoms with Gasteiger partial charge in [-0.1, -0.05) is 15.9 Å². The maximum atomic E-state index is 11.6. The Morgan fingerprint density at radius 1 is 1.43 bits per heavy atom. The van der Waals surface area contributed by atoms with Crippen molar-refractivity contribution in [2.45, 2.75) is 37.1 Å². The molecule has 0 aromatic heterocycles. The first-order valence-electron chi connectivity index (χ1n) is 5.08. The van der Waals surface area contributed by atoms with Crippen molar-refractivity contribution in [3.05, 3.63) is 0 Å². The molecule has 0 atom stereocenters. The molecule has 0 bridgehead atoms. The third-order valence-electron chi connectivity index (χ3n) is 2.59. The van der Waals surface area contributed by atoms with E-state index in [1.54, 1.807) is 0 Å². The maximum absolute atomic E-state index is 11.6. The lowest BCUT2D eigenvalue weighted by atomic mass is 10.0. The van der Waals surface area contributed by atoms with Gasteiger partial charge in [0.25, 0.3) is 0 Å². The monoisotopic (exact) mass is 262 g/mol. The quantitative estimate of drug-likeness (QED) is 0.763. The number of amides is 1. The molecule has 1 amide bonds. The molecule has 1 aliphatic heterocycles. The van der Waals surface area contributed by atoms with E-state index >= 15 is 0 Å². The molecule has 0 aromatic carbocycles. The first kappa shape index (κ1) is 12.0. The number of halogens is 1. The van der Waals surface area contributed by atoms with Gasteiger partial charge in [0, 0.05) is 6.04 Å². The van der Waals surface area contributed by atoms with Gasteiger partial charge in [0.15, 0.2) is 0 Å². The topological polar surface area (TPSA) is 32.3 Å². The summed E-state index contributed by atoms with van der Waals surface area (Å²) >= 11 is 3.36. The number of hydrogen-bond acceptors (Lipinski definition) is 2. The van der Waals surface area contributed by atoms with Crippen molar-refractivity contribution in [2.24, 2.45) is 0 Å². The van der Waals surface area contributed by atoms with Crippen molar-refractivity contribution in [1.82, 2.24) is 10.2 Å². The highest BCUT2D eigenvalue weighted by Gasteiger charge is 2.27. The Morgan fingerprint density at radius 3 is 2.36 bits per heavy atom. The van der Waals surface area contributed by atoms with Crippen LogP contribution in [0.4, 0.5) is 0 Å². The fourth-order valence-electron chi connectivity index (χ4n) is 1.51. The molecule has 1 aliphatic rings. The van der Waals surface area contributed by atoms with E-state index in [1.165, 1.54) is 0 Å². The van der Waals surface area contributed by atoms with Gasteiger partial charge in [-0.05, 0) is 46.8 Å². The predicted octanol–water partition coefficient (Wildman–Crippen LogP) is 1.37. The van der Waals surface area contributed by atoms with Crippen LogP contribution in [0.25, 0.3) is 0 Å². The fraction of sp³-hybridized carbons (Fsp3) is 0.900. The minimum absolute atomic E-state index is 0.0899. The molecule has 0 radical (unpaired) electrons. The lowest BCUT2D eigenvalue weighted by Gasteiger charge is -2.31. The van der Waals surface area contributed by atoms with E-state index < -0.39 is 4.32 Å². The van der Waals surface area contributed by atoms with Crippen molar-refractivity contribution >= 4 is 21.8 Å². The average molecular weight is 263 g/mol. The van der Waals surface area contributed by atoms with E-state index in [-0.39, 0.29) is 5.91 Å². The summed E-state index contributed by atoms with van der Waals surface area (Å²) < 4.78 is -0.448. The van der Waals surface area contributed by atoms with Crippen LogP contribution in [0, 0.1) is 0 Å². The summed E-state index contributed by atoms with van der Waals surface area (Å²) in [6.45, 7) is 5.90. The zero-order valence-corrected chi connectivity index (χ0v) is 10.7. The standard InChI is InChI=1S/C10H19BrN2O/c1-10(2,11)9(14)12-8-4-6-13(3)7-5-8/h8H,4-7H2,1-3H3,(H,12,14). The molecule has 1 rings (SSSR count). The van der Waals surface area contributed by atoms with Gasteiger partial charge >= 0.3 is 0 Å². The van der Waals surface area contributed by atoms with E-state index in [9.17, 15) is 4.79 Å². The highest BCUT2D eigenvalue weighted by Crippen LogP contribution is 2.17. The normalized spacial score (nSPS) is 20.9. The summed E-state index contributed by atoms with van der Waals surface area (Å²) in [7, 11) is 2.12. The van der Waals surface area contributed by atoms with Gasteiger partial charge < -0.3 is 10.2 Å². The lowest BCUT2D eigenvalue weighted by Crippen LogP contribution is -2.48. The van der Waals surface area contributed by atoms with E-state index in [0.717, 1.165) is 25.9 Å². The minimum atomic E-state index is -0.448. The number of alkyl halides is 1. The van der Waals surface area contributed by atoms with Gasteiger partial charge in [0.1, 0.15) is 0 Å². The molecular weight excluding hydrogens is 244 g/mol. The molecule has 1 fully saturated rings. The van der Waals surface area contributed by atoms with Gasteiger partial charge in [-0.25, -0.2) is 0 Å². The van der Waals surface area contributed by atoms with E-state index in [1.807, 2.05) is 13.8 Å². The van der Waals surface area contributed by atoms with Crippen LogP contribution in [-0.4, -0.2) is 41.3 Å². The summed E-state index contributed by atoms with van der Waals surface area (Å²) in [5, 5.41) is 3.07. The predicted molar refractivity (Wildman–Crippen MR) is 61.7 cm³/mol. The number of likely N-dealkylation sites (tertiary alicyclic amines) is 1. The summed E-state index contributed by atoms with van der Waals surface area (Å²) in [4.78, 5) is 13.9. The fourth-order valence-corrected chi connectivity index (χ4v) is 1.62. The minimum Gasteiger partial charge on any atom is -0.352 e. The molecule has 0 unspecified atom stereocenters. The molecule has 82 valence electrons. The second-order valence-corrected chi connectivity index (χ2v) is 6.51. The van der Waals surface area contributed by atoms with Crippen LogP contribution in [-0.2, 0) is 4.79 Å². The molecule has 3 nitrogen and oxygen atoms in total. The molecule has 0 aromatic rings. The van der Waals surface area contributed by atoms with Crippen LogP contribution in [0.5, 0.6) is 0 Å². The molecule has 1 saturated heterocycles. The van der Waals surface area contributed by atoms with Crippen LogP contribution in [0.15, 0.2) is 0 Å². The molecule has 0 saturated carbocycles. The van der Waals surface area contributed by atoms with Crippen molar-refractivity contribution < 1.29 is 4.79 Å². The first-order valence-corrected chi connectivity index (χ1v) is 5.87. The van der Waals surface area contributed by atoms with Crippen LogP contribution in [0.1, 0.15) is 26.7 Å². The van der Waals surface area contributed by atoms with Crippen molar-refractivity contribution in [1.29, 1.82) is 0 Å². The molecule has 0 aliphatic carbocycles. The van der Waals surface area contributed by atoms with Crippen molar-refractivity contribution in [3.8, 4) is 0 Å². The highest BCUT2D eigenvalue weighted by molar-refractivity contribution is 9.10. The Bertz CT molecular complexity index is 205. The number of carbonyl (C=O) groups excluding carboxylic acids is 1. The zero-order valence-electron chi connectivity index (χ0n) is 9.14. The number of piperidine rings is 1. The summed E-state index contributed by atoms with van der Waals surface area (Å²) in [5.41, 5.74) is 0. The van der Waals surface area contributed by atoms with E-state index in [0.29, 0.717) is 6.04 Å². The van der Waals surface area contributed by atoms with Crippen molar-refractivity contribution in [3.63, 3.8) is 0 Å². The Morgan fingerprint density at radius 2 is 1.93 bits per heavy atom. The number of rotatable bonds is 2. The van der Waals surface area contributed by atoms with Gasteiger partial charge in [0.2, 0.25) is 5.91 Å². The Kier molecular flexibility index (Phi) is 3.95. The Hall–Kier alpha value is -0.0900. The number of hydrogen-bond donors (Lipinski definition) is 1. The van der Waals surface area contributed by atoms with E-state index in [2.05, 4.69) is 33.2 Å². The Balaban J connectivity index is 2.35. The van der Waals surface area contributed by atoms with Crippen molar-refractivity contribution in [2.75, 3.05) is 20.1 Å². The highest BCUT2D eigenvalue weighted by atomic mass is 79.9. The van der Waals surface area contributed by atoms with Crippen LogP contribution in [0.3, 0.4) is 0 Å². The smallest absolute Gasteiger partial charge is 0.236 e. The van der Waals surface area contributed by atoms with Crippen LogP contribution >= 0.6 is 15.9 Å². The van der Waals surface area contributed by atoms with Gasteiger partial charge in [0.05, 0.1) is 4.32 Å². The van der Waals surface area contributed by atoms with Crippen LogP contribution in [0.2, 0.25) is 0 Å². The van der Waals surface area contributed by atoms with Gasteiger partial charge in [-0.3, -0.25) is 4.79 Å². The number of nitrogens with zero attached hydrogens (tertiary/aromatic N) is 1. The Labute approximate surface area is 94.4 Å². The molecule has 1 N–H and O–H groups in total. The summed E-state index contributed by atoms with van der Waals surface area (Å²) in [6, 6.07) is 0.357. The van der Waals surface area contributed by atoms with Crippen LogP contribution < -0.4 is 5.32 Å². The molecule has 0 spiro atoms. The van der Waals surface area contributed by atoms with Gasteiger partial charge in [-0.15, -0.1) is 0 Å². The SMILES string of the molecule is CN1CCC(NC(=O)C(C)(C)Br)CC1. The molecular formula is C10H19BrN2O. The number of carbonyl (C=O) groups is 1. The second kappa shape index (κ2) is 4.62. The largest absolute Gasteiger partial charge is 0.352 e. The maximum Gasteiger partial charge on any atom is 0.236 e. The second-order valence-electron chi connectivity index (χ2n) is 4.52. The zero-order chi connectivity index (χ0) is 10.8. The summed E-state index contributed by atoms with van der Waals surface area (Å²) in [5.74, 6) is 0.0899. The summed E-state index contributed by atoms with van der Waals surface area (Å²) in [6.07, 6.45) is 2.12. The third kappa shape index (κ3) is 3.58. The van der Waals surface area contributed by atoms with E-state index in [4.69, 9.17) is 0 Å². The third-order valence-corrected chi connectivity index (χ3v) is 2.95. The van der Waals surface area contributed by atoms with Gasteiger partial charge in [-0.2, -0.15) is 0 Å². The average Bonchev–Trinajstić information content (AvgIpc) is 2.07. The molecule has 1 heterocycles. The molecule has 14 heavy (non-hydrogen) atoms. The lowest BCUT2D eigenvalue weighted by molar-refractivity contribution is -0.123. The number of nitrogens with one attached hydrogen (secondary N) is 1. The first-order chi connectivity index (χ1) is 6.39. The molecule has 4 heteroatoms.